The van der Waals surface area contributed by atoms with Crippen LogP contribution in [0.1, 0.15) is 44.7 Å². The van der Waals surface area contributed by atoms with Crippen LogP contribution in [0.3, 0.4) is 0 Å². The van der Waals surface area contributed by atoms with Gasteiger partial charge in [0.05, 0.1) is 12.2 Å². The summed E-state index contributed by atoms with van der Waals surface area (Å²) >= 11 is 0. The molecule has 2 atom stereocenters. The number of likely N-dealkylation sites (N-methyl/N-ethyl adjacent to an activating group) is 1. The molecule has 0 spiro atoms. The maximum atomic E-state index is 12.6. The predicted molar refractivity (Wildman–Crippen MR) is 96.8 cm³/mol. The highest BCUT2D eigenvalue weighted by molar-refractivity contribution is 5.74. The monoisotopic (exact) mass is 335 g/mol. The van der Waals surface area contributed by atoms with Gasteiger partial charge in [0.15, 0.2) is 0 Å². The minimum atomic E-state index is 0.0687. The Morgan fingerprint density at radius 3 is 2.79 bits per heavy atom. The minimum absolute atomic E-state index is 0.0687. The van der Waals surface area contributed by atoms with Crippen LogP contribution in [0, 0.1) is 11.8 Å². The average Bonchev–Trinajstić information content (AvgIpc) is 2.92. The first kappa shape index (κ1) is 18.8. The van der Waals surface area contributed by atoms with E-state index in [1.54, 1.807) is 4.68 Å². The highest BCUT2D eigenvalue weighted by Gasteiger charge is 2.25. The lowest BCUT2D eigenvalue weighted by atomic mass is 9.90. The quantitative estimate of drug-likeness (QED) is 0.869. The maximum Gasteiger partial charge on any atom is 0.317 e. The zero-order chi connectivity index (χ0) is 17.7. The molecule has 0 aromatic carbocycles. The number of likely N-dealkylation sites (tertiary alicyclic amines) is 1. The summed E-state index contributed by atoms with van der Waals surface area (Å²) < 4.78 is 1.80. The van der Waals surface area contributed by atoms with Crippen LogP contribution in [-0.2, 0) is 7.05 Å². The summed E-state index contributed by atoms with van der Waals surface area (Å²) in [6, 6.07) is 0.207. The molecule has 1 aromatic rings. The zero-order valence-corrected chi connectivity index (χ0v) is 15.8. The Balaban J connectivity index is 1.88. The number of nitrogens with zero attached hydrogens (tertiary/aromatic N) is 4. The molecule has 1 aliphatic heterocycles. The van der Waals surface area contributed by atoms with E-state index in [4.69, 9.17) is 0 Å². The molecular weight excluding hydrogens is 302 g/mol. The van der Waals surface area contributed by atoms with Crippen molar-refractivity contribution in [1.82, 2.24) is 24.9 Å². The lowest BCUT2D eigenvalue weighted by Crippen LogP contribution is -2.47. The van der Waals surface area contributed by atoms with Gasteiger partial charge < -0.3 is 15.1 Å². The van der Waals surface area contributed by atoms with Gasteiger partial charge in [0.1, 0.15) is 0 Å². The molecule has 136 valence electrons. The van der Waals surface area contributed by atoms with E-state index in [1.165, 1.54) is 12.8 Å². The molecule has 0 aliphatic carbocycles. The van der Waals surface area contributed by atoms with Gasteiger partial charge in [-0.25, -0.2) is 4.79 Å². The molecule has 0 unspecified atom stereocenters. The molecule has 24 heavy (non-hydrogen) atoms. The van der Waals surface area contributed by atoms with Gasteiger partial charge in [-0.1, -0.05) is 13.8 Å². The standard InChI is InChI=1S/C18H33N5O/c1-14(2)9-15-7-6-8-23(12-15)18(24)19-11-17(21(3)4)16-10-20-22(5)13-16/h10,13-15,17H,6-9,11-12H2,1-5H3,(H,19,24)/t15-,17-/m0/s1. The van der Waals surface area contributed by atoms with Crippen molar-refractivity contribution >= 4 is 6.03 Å². The van der Waals surface area contributed by atoms with Crippen LogP contribution in [0.5, 0.6) is 0 Å². The number of aromatic nitrogens is 2. The lowest BCUT2D eigenvalue weighted by molar-refractivity contribution is 0.154. The minimum Gasteiger partial charge on any atom is -0.336 e. The van der Waals surface area contributed by atoms with E-state index in [0.717, 1.165) is 25.1 Å². The first-order valence-corrected chi connectivity index (χ1v) is 9.04. The summed E-state index contributed by atoms with van der Waals surface area (Å²) in [7, 11) is 5.98. The van der Waals surface area contributed by atoms with Gasteiger partial charge in [-0.05, 0) is 45.2 Å². The number of carbonyl (C=O) groups is 1. The second-order valence-electron chi connectivity index (χ2n) is 7.70. The third-order valence-electron chi connectivity index (χ3n) is 4.79. The molecule has 2 heterocycles. The molecule has 0 bridgehead atoms. The van der Waals surface area contributed by atoms with Gasteiger partial charge in [-0.3, -0.25) is 4.68 Å². The van der Waals surface area contributed by atoms with Gasteiger partial charge in [0.25, 0.3) is 0 Å². The van der Waals surface area contributed by atoms with Crippen molar-refractivity contribution < 1.29 is 4.79 Å². The van der Waals surface area contributed by atoms with Gasteiger partial charge >= 0.3 is 6.03 Å². The number of aryl methyl sites for hydroxylation is 1. The predicted octanol–water partition coefficient (Wildman–Crippen LogP) is 2.49. The van der Waals surface area contributed by atoms with E-state index < -0.39 is 0 Å². The third-order valence-corrected chi connectivity index (χ3v) is 4.79. The van der Waals surface area contributed by atoms with E-state index in [9.17, 15) is 4.79 Å². The van der Waals surface area contributed by atoms with Crippen LogP contribution >= 0.6 is 0 Å². The van der Waals surface area contributed by atoms with Crippen LogP contribution < -0.4 is 5.32 Å². The first-order valence-electron chi connectivity index (χ1n) is 9.04. The molecule has 6 heteroatoms. The first-order chi connectivity index (χ1) is 11.4. The summed E-state index contributed by atoms with van der Waals surface area (Å²) in [6.07, 6.45) is 7.45. The summed E-state index contributed by atoms with van der Waals surface area (Å²) in [4.78, 5) is 16.7. The van der Waals surface area contributed by atoms with Gasteiger partial charge in [0.2, 0.25) is 0 Å². The number of carbonyl (C=O) groups excluding carboxylic acids is 1. The largest absolute Gasteiger partial charge is 0.336 e. The van der Waals surface area contributed by atoms with Crippen LogP contribution in [0.4, 0.5) is 4.79 Å². The number of amides is 2. The van der Waals surface area contributed by atoms with Crippen molar-refractivity contribution in [1.29, 1.82) is 0 Å². The topological polar surface area (TPSA) is 53.4 Å². The van der Waals surface area contributed by atoms with E-state index in [2.05, 4.69) is 29.2 Å². The Hall–Kier alpha value is -1.56. The normalized spacial score (nSPS) is 19.8. The summed E-state index contributed by atoms with van der Waals surface area (Å²) in [5.41, 5.74) is 1.12. The van der Waals surface area contributed by atoms with Gasteiger partial charge in [0, 0.05) is 38.4 Å². The van der Waals surface area contributed by atoms with E-state index >= 15 is 0 Å². The van der Waals surface area contributed by atoms with Crippen molar-refractivity contribution in [3.63, 3.8) is 0 Å². The maximum absolute atomic E-state index is 12.6. The number of hydrogen-bond acceptors (Lipinski definition) is 3. The van der Waals surface area contributed by atoms with Crippen LogP contribution in [-0.4, -0.2) is 59.3 Å². The Bertz CT molecular complexity index is 525. The molecule has 1 fully saturated rings. The summed E-state index contributed by atoms with van der Waals surface area (Å²) in [5, 5.41) is 7.36. The molecule has 2 rings (SSSR count). The Morgan fingerprint density at radius 1 is 1.46 bits per heavy atom. The highest BCUT2D eigenvalue weighted by Crippen LogP contribution is 2.23. The molecule has 1 aliphatic rings. The Labute approximate surface area is 146 Å². The van der Waals surface area contributed by atoms with Crippen LogP contribution in [0.25, 0.3) is 0 Å². The average molecular weight is 335 g/mol. The molecule has 1 aromatic heterocycles. The fourth-order valence-electron chi connectivity index (χ4n) is 3.62. The third kappa shape index (κ3) is 5.23. The fourth-order valence-corrected chi connectivity index (χ4v) is 3.62. The molecule has 1 saturated heterocycles. The summed E-state index contributed by atoms with van der Waals surface area (Å²) in [6.45, 7) is 6.88. The number of hydrogen-bond donors (Lipinski definition) is 1. The second kappa shape index (κ2) is 8.51. The summed E-state index contributed by atoms with van der Waals surface area (Å²) in [5.74, 6) is 1.34. The number of urea groups is 1. The number of rotatable bonds is 6. The Morgan fingerprint density at radius 2 is 2.21 bits per heavy atom. The number of nitrogens with one attached hydrogen (secondary N) is 1. The SMILES string of the molecule is CC(C)C[C@@H]1CCCN(C(=O)NC[C@@H](c2cnn(C)c2)N(C)C)C1. The lowest BCUT2D eigenvalue weighted by Gasteiger charge is -2.34. The number of piperidine rings is 1. The van der Waals surface area contributed by atoms with Crippen molar-refractivity contribution in [2.24, 2.45) is 18.9 Å². The zero-order valence-electron chi connectivity index (χ0n) is 15.8. The molecular formula is C18H33N5O. The van der Waals surface area contributed by atoms with E-state index in [-0.39, 0.29) is 12.1 Å². The second-order valence-corrected chi connectivity index (χ2v) is 7.70. The van der Waals surface area contributed by atoms with E-state index in [0.29, 0.717) is 18.4 Å². The molecule has 1 N–H and O–H groups in total. The van der Waals surface area contributed by atoms with Gasteiger partial charge in [-0.15, -0.1) is 0 Å². The highest BCUT2D eigenvalue weighted by atomic mass is 16.2. The van der Waals surface area contributed by atoms with Crippen molar-refractivity contribution in [2.75, 3.05) is 33.7 Å². The van der Waals surface area contributed by atoms with Crippen molar-refractivity contribution in [3.8, 4) is 0 Å². The molecule has 0 saturated carbocycles. The molecule has 0 radical (unpaired) electrons. The van der Waals surface area contributed by atoms with Crippen molar-refractivity contribution in [2.45, 2.75) is 39.2 Å². The molecule has 2 amide bonds. The molecule has 6 nitrogen and oxygen atoms in total. The fraction of sp³-hybridized carbons (Fsp3) is 0.778. The smallest absolute Gasteiger partial charge is 0.317 e. The van der Waals surface area contributed by atoms with Crippen LogP contribution in [0.2, 0.25) is 0 Å². The Kier molecular flexibility index (Phi) is 6.66. The van der Waals surface area contributed by atoms with Gasteiger partial charge in [-0.2, -0.15) is 5.10 Å². The van der Waals surface area contributed by atoms with Crippen LogP contribution in [0.15, 0.2) is 12.4 Å². The van der Waals surface area contributed by atoms with E-state index in [1.807, 2.05) is 38.4 Å². The van der Waals surface area contributed by atoms with Crippen molar-refractivity contribution in [3.05, 3.63) is 18.0 Å².